The van der Waals surface area contributed by atoms with Crippen LogP contribution in [0, 0.1) is 0 Å². The van der Waals surface area contributed by atoms with Gasteiger partial charge in [0.05, 0.1) is 39.8 Å². The summed E-state index contributed by atoms with van der Waals surface area (Å²) in [4.78, 5) is 26.1. The number of ketones is 1. The van der Waals surface area contributed by atoms with Gasteiger partial charge in [-0.25, -0.2) is 15.0 Å². The smallest absolute Gasteiger partial charge is 0.416 e. The van der Waals surface area contributed by atoms with Crippen LogP contribution >= 0.6 is 0 Å². The third-order valence-electron chi connectivity index (χ3n) is 6.55. The summed E-state index contributed by atoms with van der Waals surface area (Å²) >= 11 is 0. The second-order valence-corrected chi connectivity index (χ2v) is 9.31. The fourth-order valence-electron chi connectivity index (χ4n) is 4.44. The fourth-order valence-corrected chi connectivity index (χ4v) is 4.44. The molecule has 1 N–H and O–H groups in total. The Kier molecular flexibility index (Phi) is 7.70. The maximum atomic E-state index is 13.1. The van der Waals surface area contributed by atoms with Crippen molar-refractivity contribution in [2.75, 3.05) is 26.6 Å². The van der Waals surface area contributed by atoms with Gasteiger partial charge in [0.1, 0.15) is 0 Å². The van der Waals surface area contributed by atoms with Crippen LogP contribution in [-0.2, 0) is 12.7 Å². The number of hydrogen-bond acceptors (Lipinski definition) is 8. The van der Waals surface area contributed by atoms with Gasteiger partial charge < -0.3 is 24.1 Å². The number of imidazole rings is 1. The van der Waals surface area contributed by atoms with Gasteiger partial charge in [-0.1, -0.05) is 30.3 Å². The molecule has 3 aromatic carbocycles. The number of rotatable bonds is 9. The van der Waals surface area contributed by atoms with E-state index in [1.54, 1.807) is 47.3 Å². The van der Waals surface area contributed by atoms with Crippen molar-refractivity contribution >= 4 is 28.5 Å². The highest BCUT2D eigenvalue weighted by molar-refractivity contribution is 5.95. The largest absolute Gasteiger partial charge is 0.493 e. The van der Waals surface area contributed by atoms with Crippen LogP contribution in [0.3, 0.4) is 0 Å². The zero-order valence-corrected chi connectivity index (χ0v) is 23.1. The molecule has 12 heteroatoms. The average molecular weight is 578 g/mol. The molecule has 0 atom stereocenters. The standard InChI is InChI=1S/C30H26F3N5O4/c1-17(39)19-6-5-7-20(12-19)27-36-28(35-22-13-23(40-2)26(42-4)24(14-22)41-3)25-29(37-27)38(16-34-25)15-18-8-10-21(11-9-18)30(31,32)33/h5-14,16H,15H2,1-4H3,(H,35,36,37). The van der Waals surface area contributed by atoms with Crippen molar-refractivity contribution in [1.29, 1.82) is 0 Å². The van der Waals surface area contributed by atoms with Crippen molar-refractivity contribution in [3.63, 3.8) is 0 Å². The Morgan fingerprint density at radius 2 is 1.62 bits per heavy atom. The first kappa shape index (κ1) is 28.4. The lowest BCUT2D eigenvalue weighted by Gasteiger charge is -2.15. The number of carbonyl (C=O) groups excluding carboxylic acids is 1. The molecule has 0 saturated carbocycles. The number of halogens is 3. The molecule has 9 nitrogen and oxygen atoms in total. The molecule has 0 aliphatic carbocycles. The van der Waals surface area contributed by atoms with Gasteiger partial charge in [-0.2, -0.15) is 13.2 Å². The number of fused-ring (bicyclic) bond motifs is 1. The first-order valence-corrected chi connectivity index (χ1v) is 12.7. The number of ether oxygens (including phenoxy) is 3. The Bertz CT molecular complexity index is 1740. The van der Waals surface area contributed by atoms with E-state index in [1.165, 1.54) is 40.4 Å². The number of nitrogens with zero attached hydrogens (tertiary/aromatic N) is 4. The molecule has 42 heavy (non-hydrogen) atoms. The topological polar surface area (TPSA) is 100 Å². The molecule has 0 radical (unpaired) electrons. The number of benzene rings is 3. The molecule has 2 aromatic heterocycles. The SMILES string of the molecule is COc1cc(Nc2nc(-c3cccc(C(C)=O)c3)nc3c2ncn3Cc2ccc(C(F)(F)F)cc2)cc(OC)c1OC. The molecule has 0 aliphatic rings. The van der Waals surface area contributed by atoms with Crippen LogP contribution in [0.1, 0.15) is 28.4 Å². The number of methoxy groups -OCH3 is 3. The van der Waals surface area contributed by atoms with Crippen molar-refractivity contribution in [3.05, 3.63) is 83.7 Å². The lowest BCUT2D eigenvalue weighted by Crippen LogP contribution is -2.06. The lowest BCUT2D eigenvalue weighted by molar-refractivity contribution is -0.137. The van der Waals surface area contributed by atoms with Crippen LogP contribution in [0.4, 0.5) is 24.7 Å². The Morgan fingerprint density at radius 3 is 2.21 bits per heavy atom. The van der Waals surface area contributed by atoms with Crippen LogP contribution in [-0.4, -0.2) is 46.6 Å². The van der Waals surface area contributed by atoms with E-state index in [1.807, 2.05) is 0 Å². The van der Waals surface area contributed by atoms with E-state index in [4.69, 9.17) is 24.2 Å². The molecule has 0 saturated heterocycles. The first-order chi connectivity index (χ1) is 20.1. The molecule has 0 aliphatic heterocycles. The molecule has 5 rings (SSSR count). The summed E-state index contributed by atoms with van der Waals surface area (Å²) in [5.74, 6) is 1.82. The van der Waals surface area contributed by atoms with Crippen LogP contribution < -0.4 is 19.5 Å². The average Bonchev–Trinajstić information content (AvgIpc) is 3.39. The Balaban J connectivity index is 1.62. The highest BCUT2D eigenvalue weighted by Crippen LogP contribution is 2.41. The summed E-state index contributed by atoms with van der Waals surface area (Å²) in [5, 5.41) is 3.26. The molecule has 0 unspecified atom stereocenters. The second kappa shape index (κ2) is 11.4. The van der Waals surface area contributed by atoms with Crippen LogP contribution in [0.5, 0.6) is 17.2 Å². The van der Waals surface area contributed by atoms with E-state index in [0.717, 1.165) is 12.1 Å². The zero-order chi connectivity index (χ0) is 30.0. The van der Waals surface area contributed by atoms with E-state index in [0.29, 0.717) is 62.4 Å². The van der Waals surface area contributed by atoms with Gasteiger partial charge in [-0.3, -0.25) is 4.79 Å². The van der Waals surface area contributed by atoms with Crippen LogP contribution in [0.2, 0.25) is 0 Å². The summed E-state index contributed by atoms with van der Waals surface area (Å²) < 4.78 is 57.3. The number of anilines is 2. The summed E-state index contributed by atoms with van der Waals surface area (Å²) in [7, 11) is 4.52. The number of nitrogens with one attached hydrogen (secondary N) is 1. The van der Waals surface area contributed by atoms with Gasteiger partial charge >= 0.3 is 6.18 Å². The van der Waals surface area contributed by atoms with E-state index in [-0.39, 0.29) is 12.3 Å². The summed E-state index contributed by atoms with van der Waals surface area (Å²) in [6, 6.07) is 15.3. The summed E-state index contributed by atoms with van der Waals surface area (Å²) in [6.45, 7) is 1.68. The third-order valence-corrected chi connectivity index (χ3v) is 6.55. The zero-order valence-electron chi connectivity index (χ0n) is 23.1. The van der Waals surface area contributed by atoms with Gasteiger partial charge in [0.15, 0.2) is 40.1 Å². The van der Waals surface area contributed by atoms with Crippen molar-refractivity contribution in [2.24, 2.45) is 0 Å². The Morgan fingerprint density at radius 1 is 0.929 bits per heavy atom. The Labute approximate surface area is 238 Å². The van der Waals surface area contributed by atoms with Crippen molar-refractivity contribution in [1.82, 2.24) is 19.5 Å². The maximum Gasteiger partial charge on any atom is 0.416 e. The highest BCUT2D eigenvalue weighted by atomic mass is 19.4. The predicted octanol–water partition coefficient (Wildman–Crippen LogP) is 6.53. The highest BCUT2D eigenvalue weighted by Gasteiger charge is 2.30. The molecule has 0 bridgehead atoms. The molecule has 216 valence electrons. The van der Waals surface area contributed by atoms with Crippen molar-refractivity contribution in [3.8, 4) is 28.6 Å². The molecule has 2 heterocycles. The molecule has 0 amide bonds. The number of hydrogen-bond donors (Lipinski definition) is 1. The van der Waals surface area contributed by atoms with Gasteiger partial charge in [0.2, 0.25) is 5.75 Å². The predicted molar refractivity (Wildman–Crippen MR) is 151 cm³/mol. The van der Waals surface area contributed by atoms with Crippen molar-refractivity contribution < 1.29 is 32.2 Å². The summed E-state index contributed by atoms with van der Waals surface area (Å²) in [5.41, 5.74) is 2.40. The monoisotopic (exact) mass is 577 g/mol. The van der Waals surface area contributed by atoms with Crippen LogP contribution in [0.25, 0.3) is 22.6 Å². The molecule has 0 fully saturated rings. The molecular weight excluding hydrogens is 551 g/mol. The fraction of sp³-hybridized carbons (Fsp3) is 0.200. The molecule has 5 aromatic rings. The number of aromatic nitrogens is 4. The van der Waals surface area contributed by atoms with E-state index in [9.17, 15) is 18.0 Å². The maximum absolute atomic E-state index is 13.1. The van der Waals surface area contributed by atoms with Gasteiger partial charge in [-0.05, 0) is 30.7 Å². The lowest BCUT2D eigenvalue weighted by atomic mass is 10.1. The minimum Gasteiger partial charge on any atom is -0.493 e. The summed E-state index contributed by atoms with van der Waals surface area (Å²) in [6.07, 6.45) is -2.88. The second-order valence-electron chi connectivity index (χ2n) is 9.31. The first-order valence-electron chi connectivity index (χ1n) is 12.7. The minimum absolute atomic E-state index is 0.110. The quantitative estimate of drug-likeness (QED) is 0.197. The number of Topliss-reactive ketones (excluding diaryl/α,β-unsaturated/α-hetero) is 1. The van der Waals surface area contributed by atoms with E-state index in [2.05, 4.69) is 10.3 Å². The van der Waals surface area contributed by atoms with Gasteiger partial charge in [0, 0.05) is 28.9 Å². The molecule has 0 spiro atoms. The van der Waals surface area contributed by atoms with Gasteiger partial charge in [0.25, 0.3) is 0 Å². The third kappa shape index (κ3) is 5.69. The van der Waals surface area contributed by atoms with E-state index >= 15 is 0 Å². The van der Waals surface area contributed by atoms with Gasteiger partial charge in [-0.15, -0.1) is 0 Å². The van der Waals surface area contributed by atoms with Crippen LogP contribution in [0.15, 0.2) is 67.0 Å². The van der Waals surface area contributed by atoms with Crippen molar-refractivity contribution in [2.45, 2.75) is 19.6 Å². The number of alkyl halides is 3. The number of carbonyl (C=O) groups is 1. The minimum atomic E-state index is -4.43. The van der Waals surface area contributed by atoms with E-state index < -0.39 is 11.7 Å². The molecular formula is C30H26F3N5O4. The Hall–Kier alpha value is -5.13. The normalized spacial score (nSPS) is 11.4.